The average Bonchev–Trinajstić information content (AvgIpc) is 3.06. The molecule has 144 valence electrons. The van der Waals surface area contributed by atoms with Crippen molar-refractivity contribution < 1.29 is 14.6 Å². The van der Waals surface area contributed by atoms with Crippen molar-refractivity contribution in [3.63, 3.8) is 0 Å². The molecule has 0 amide bonds. The molecule has 1 aromatic heterocycles. The van der Waals surface area contributed by atoms with Crippen LogP contribution in [0.3, 0.4) is 0 Å². The second-order valence-corrected chi connectivity index (χ2v) is 6.75. The Morgan fingerprint density at radius 3 is 2.14 bits per heavy atom. The molecular weight excluding hydrogens is 352 g/mol. The zero-order chi connectivity index (χ0) is 19.5. The number of benzene rings is 3. The summed E-state index contributed by atoms with van der Waals surface area (Å²) in [5, 5.41) is 16.4. The van der Waals surface area contributed by atoms with Gasteiger partial charge < -0.3 is 24.5 Å². The first-order valence-electron chi connectivity index (χ1n) is 9.31. The number of nitrogens with zero attached hydrogens (tertiary/aromatic N) is 1. The highest BCUT2D eigenvalue weighted by molar-refractivity contribution is 6.07. The highest BCUT2D eigenvalue weighted by Crippen LogP contribution is 2.30. The zero-order valence-electron chi connectivity index (χ0n) is 16.1. The van der Waals surface area contributed by atoms with Gasteiger partial charge >= 0.3 is 0 Å². The van der Waals surface area contributed by atoms with Crippen LogP contribution in [0.25, 0.3) is 21.8 Å². The topological polar surface area (TPSA) is 55.6 Å². The molecule has 4 rings (SSSR count). The van der Waals surface area contributed by atoms with E-state index in [4.69, 9.17) is 9.47 Å². The molecule has 5 heteroatoms. The molecule has 1 atom stereocenters. The zero-order valence-corrected chi connectivity index (χ0v) is 16.1. The Balaban J connectivity index is 1.57. The Morgan fingerprint density at radius 2 is 1.54 bits per heavy atom. The second-order valence-electron chi connectivity index (χ2n) is 6.75. The summed E-state index contributed by atoms with van der Waals surface area (Å²) in [4.78, 5) is 0. The molecule has 0 bridgehead atoms. The molecule has 0 aliphatic rings. The Hall–Kier alpha value is -3.18. The number of fused-ring (bicyclic) bond motifs is 3. The molecular formula is C23H24N2O3. The summed E-state index contributed by atoms with van der Waals surface area (Å²) in [7, 11) is 3.25. The number of hydrogen-bond donors (Lipinski definition) is 2. The van der Waals surface area contributed by atoms with Gasteiger partial charge in [-0.05, 0) is 24.3 Å². The van der Waals surface area contributed by atoms with Gasteiger partial charge in [-0.1, -0.05) is 36.4 Å². The smallest absolute Gasteiger partial charge is 0.142 e. The lowest BCUT2D eigenvalue weighted by Gasteiger charge is -2.17. The van der Waals surface area contributed by atoms with Gasteiger partial charge in [0.25, 0.3) is 0 Å². The molecule has 0 saturated carbocycles. The van der Waals surface area contributed by atoms with Crippen LogP contribution < -0.4 is 14.8 Å². The predicted octanol–water partition coefficient (Wildman–Crippen LogP) is 4.28. The van der Waals surface area contributed by atoms with Crippen molar-refractivity contribution in [1.29, 1.82) is 0 Å². The third kappa shape index (κ3) is 3.37. The van der Waals surface area contributed by atoms with E-state index in [0.717, 1.165) is 22.5 Å². The molecule has 0 saturated heterocycles. The quantitative estimate of drug-likeness (QED) is 0.505. The summed E-state index contributed by atoms with van der Waals surface area (Å²) >= 11 is 0. The molecule has 0 fully saturated rings. The molecule has 5 nitrogen and oxygen atoms in total. The normalized spacial score (nSPS) is 12.2. The van der Waals surface area contributed by atoms with E-state index in [2.05, 4.69) is 34.1 Å². The van der Waals surface area contributed by atoms with Crippen LogP contribution in [0.15, 0.2) is 66.7 Å². The number of ether oxygens (including phenoxy) is 2. The third-order valence-corrected chi connectivity index (χ3v) is 5.01. The molecule has 0 unspecified atom stereocenters. The lowest BCUT2D eigenvalue weighted by Crippen LogP contribution is -2.25. The fourth-order valence-corrected chi connectivity index (χ4v) is 3.66. The van der Waals surface area contributed by atoms with Crippen molar-refractivity contribution in [2.45, 2.75) is 12.6 Å². The number of methoxy groups -OCH3 is 2. The number of aliphatic hydroxyl groups is 1. The van der Waals surface area contributed by atoms with E-state index >= 15 is 0 Å². The maximum absolute atomic E-state index is 10.7. The first-order valence-corrected chi connectivity index (χ1v) is 9.31. The highest BCUT2D eigenvalue weighted by Gasteiger charge is 2.14. The maximum atomic E-state index is 10.7. The summed E-state index contributed by atoms with van der Waals surface area (Å²) in [6.45, 7) is 0.887. The number of aromatic nitrogens is 1. The first-order chi connectivity index (χ1) is 13.7. The van der Waals surface area contributed by atoms with Crippen LogP contribution in [0, 0.1) is 0 Å². The molecule has 0 aliphatic heterocycles. The third-order valence-electron chi connectivity index (χ3n) is 5.01. The largest absolute Gasteiger partial charge is 0.497 e. The van der Waals surface area contributed by atoms with Gasteiger partial charge in [0.05, 0.1) is 32.6 Å². The van der Waals surface area contributed by atoms with Gasteiger partial charge in [-0.25, -0.2) is 0 Å². The van der Waals surface area contributed by atoms with Crippen LogP contribution in [0.5, 0.6) is 11.5 Å². The van der Waals surface area contributed by atoms with E-state index in [-0.39, 0.29) is 0 Å². The average molecular weight is 376 g/mol. The van der Waals surface area contributed by atoms with E-state index in [9.17, 15) is 5.11 Å². The molecule has 3 aromatic carbocycles. The fourth-order valence-electron chi connectivity index (χ4n) is 3.66. The summed E-state index contributed by atoms with van der Waals surface area (Å²) < 4.78 is 12.9. The predicted molar refractivity (Wildman–Crippen MR) is 113 cm³/mol. The minimum atomic E-state index is -0.574. The van der Waals surface area contributed by atoms with Crippen LogP contribution in [0.1, 0.15) is 0 Å². The fraction of sp³-hybridized carbons (Fsp3) is 0.217. The molecule has 2 N–H and O–H groups in total. The number of anilines is 1. The van der Waals surface area contributed by atoms with Crippen molar-refractivity contribution in [2.24, 2.45) is 0 Å². The van der Waals surface area contributed by atoms with Crippen molar-refractivity contribution in [1.82, 2.24) is 4.57 Å². The van der Waals surface area contributed by atoms with E-state index in [1.165, 1.54) is 10.8 Å². The van der Waals surface area contributed by atoms with Crippen molar-refractivity contribution in [3.8, 4) is 11.5 Å². The van der Waals surface area contributed by atoms with Crippen LogP contribution in [-0.4, -0.2) is 36.5 Å². The van der Waals surface area contributed by atoms with Crippen molar-refractivity contribution in [2.75, 3.05) is 26.1 Å². The summed E-state index contributed by atoms with van der Waals surface area (Å²) in [5.74, 6) is 1.45. The lowest BCUT2D eigenvalue weighted by molar-refractivity contribution is 0.169. The van der Waals surface area contributed by atoms with Gasteiger partial charge in [0.15, 0.2) is 0 Å². The molecule has 28 heavy (non-hydrogen) atoms. The number of nitrogens with one attached hydrogen (secondary N) is 1. The van der Waals surface area contributed by atoms with Gasteiger partial charge in [0.2, 0.25) is 0 Å². The molecule has 0 spiro atoms. The van der Waals surface area contributed by atoms with Gasteiger partial charge in [-0.2, -0.15) is 0 Å². The minimum Gasteiger partial charge on any atom is -0.497 e. The van der Waals surface area contributed by atoms with Gasteiger partial charge in [-0.3, -0.25) is 0 Å². The van der Waals surface area contributed by atoms with Crippen LogP contribution >= 0.6 is 0 Å². The summed E-state index contributed by atoms with van der Waals surface area (Å²) in [6.07, 6.45) is -0.574. The van der Waals surface area contributed by atoms with Crippen molar-refractivity contribution in [3.05, 3.63) is 66.7 Å². The SMILES string of the molecule is COc1ccc(OC)c(NC[C@@H](O)Cn2c3ccccc3c3ccccc32)c1. The molecule has 0 aliphatic carbocycles. The van der Waals surface area contributed by atoms with Crippen LogP contribution in [0.4, 0.5) is 5.69 Å². The molecule has 1 heterocycles. The van der Waals surface area contributed by atoms with Crippen LogP contribution in [-0.2, 0) is 6.54 Å². The van der Waals surface area contributed by atoms with Crippen molar-refractivity contribution >= 4 is 27.5 Å². The molecule has 0 radical (unpaired) electrons. The van der Waals surface area contributed by atoms with E-state index in [1.54, 1.807) is 14.2 Å². The lowest BCUT2D eigenvalue weighted by atomic mass is 10.2. The standard InChI is InChI=1S/C23H24N2O3/c1-27-17-11-12-23(28-2)20(13-17)24-14-16(26)15-25-21-9-5-3-7-18(21)19-8-4-6-10-22(19)25/h3-13,16,24,26H,14-15H2,1-2H3/t16-/m1/s1. The Bertz CT molecular complexity index is 1050. The highest BCUT2D eigenvalue weighted by atomic mass is 16.5. The van der Waals surface area contributed by atoms with Gasteiger partial charge in [-0.15, -0.1) is 0 Å². The number of aliphatic hydroxyl groups excluding tert-OH is 1. The van der Waals surface area contributed by atoms with E-state index in [1.807, 2.05) is 42.5 Å². The van der Waals surface area contributed by atoms with E-state index in [0.29, 0.717) is 18.8 Å². The number of para-hydroxylation sites is 2. The molecule has 4 aromatic rings. The summed E-state index contributed by atoms with van der Waals surface area (Å²) in [6, 6.07) is 22.2. The number of rotatable bonds is 7. The van der Waals surface area contributed by atoms with Gasteiger partial charge in [0, 0.05) is 34.4 Å². The Labute approximate surface area is 164 Å². The maximum Gasteiger partial charge on any atom is 0.142 e. The summed E-state index contributed by atoms with van der Waals surface area (Å²) in [5.41, 5.74) is 3.05. The second kappa shape index (κ2) is 7.82. The first kappa shape index (κ1) is 18.2. The van der Waals surface area contributed by atoms with E-state index < -0.39 is 6.10 Å². The minimum absolute atomic E-state index is 0.393. The Morgan fingerprint density at radius 1 is 0.893 bits per heavy atom. The number of hydrogen-bond acceptors (Lipinski definition) is 4. The van der Waals surface area contributed by atoms with Crippen LogP contribution in [0.2, 0.25) is 0 Å². The Kier molecular flexibility index (Phi) is 5.08. The van der Waals surface area contributed by atoms with Gasteiger partial charge in [0.1, 0.15) is 11.5 Å². The monoisotopic (exact) mass is 376 g/mol.